The van der Waals surface area contributed by atoms with Gasteiger partial charge in [-0.25, -0.2) is 0 Å². The molecule has 1 N–H and O–H groups in total. The van der Waals surface area contributed by atoms with E-state index in [9.17, 15) is 0 Å². The molecule has 1 saturated carbocycles. The molecule has 0 radical (unpaired) electrons. The van der Waals surface area contributed by atoms with Gasteiger partial charge < -0.3 is 4.90 Å². The summed E-state index contributed by atoms with van der Waals surface area (Å²) in [5, 5.41) is 7.63. The molecule has 2 fully saturated rings. The molecule has 0 amide bonds. The van der Waals surface area contributed by atoms with Gasteiger partial charge in [0.05, 0.1) is 5.84 Å². The van der Waals surface area contributed by atoms with Gasteiger partial charge in [0.15, 0.2) is 0 Å². The predicted molar refractivity (Wildman–Crippen MR) is 41.3 cm³/mol. The molecule has 2 rings (SSSR count). The third kappa shape index (κ3) is 0.746. The zero-order valence-corrected chi connectivity index (χ0v) is 6.48. The SMILES string of the molecule is CC1(N2CCCC2=N)CC1. The van der Waals surface area contributed by atoms with Crippen molar-refractivity contribution in [3.05, 3.63) is 0 Å². The minimum Gasteiger partial charge on any atom is -0.355 e. The fraction of sp³-hybridized carbons (Fsp3) is 0.875. The van der Waals surface area contributed by atoms with Crippen LogP contribution in [0.4, 0.5) is 0 Å². The molecule has 2 heteroatoms. The van der Waals surface area contributed by atoms with Crippen LogP contribution in [0.3, 0.4) is 0 Å². The molecule has 0 spiro atoms. The van der Waals surface area contributed by atoms with Crippen molar-refractivity contribution >= 4 is 5.84 Å². The Kier molecular flexibility index (Phi) is 1.08. The monoisotopic (exact) mass is 138 g/mol. The number of amidine groups is 1. The van der Waals surface area contributed by atoms with E-state index in [1.54, 1.807) is 0 Å². The van der Waals surface area contributed by atoms with Crippen molar-refractivity contribution in [2.75, 3.05) is 6.54 Å². The maximum absolute atomic E-state index is 7.63. The van der Waals surface area contributed by atoms with Crippen LogP contribution in [0.15, 0.2) is 0 Å². The van der Waals surface area contributed by atoms with E-state index >= 15 is 0 Å². The molecule has 1 aliphatic heterocycles. The Hall–Kier alpha value is -0.530. The van der Waals surface area contributed by atoms with Gasteiger partial charge in [0.25, 0.3) is 0 Å². The topological polar surface area (TPSA) is 27.1 Å². The summed E-state index contributed by atoms with van der Waals surface area (Å²) >= 11 is 0. The molecule has 1 heterocycles. The van der Waals surface area contributed by atoms with Gasteiger partial charge in [-0.15, -0.1) is 0 Å². The van der Waals surface area contributed by atoms with Crippen LogP contribution in [-0.2, 0) is 0 Å². The first kappa shape index (κ1) is 6.20. The standard InChI is InChI=1S/C8H14N2/c1-8(4-5-8)10-6-2-3-7(10)9/h9H,2-6H2,1H3. The fourth-order valence-electron chi connectivity index (χ4n) is 1.72. The van der Waals surface area contributed by atoms with Crippen LogP contribution >= 0.6 is 0 Å². The number of hydrogen-bond acceptors (Lipinski definition) is 1. The van der Waals surface area contributed by atoms with E-state index in [0.29, 0.717) is 5.54 Å². The summed E-state index contributed by atoms with van der Waals surface area (Å²) < 4.78 is 0. The van der Waals surface area contributed by atoms with E-state index in [1.807, 2.05) is 0 Å². The van der Waals surface area contributed by atoms with E-state index < -0.39 is 0 Å². The Labute approximate surface area is 61.7 Å². The van der Waals surface area contributed by atoms with Crippen molar-refractivity contribution in [3.8, 4) is 0 Å². The first-order valence-electron chi connectivity index (χ1n) is 4.07. The first-order chi connectivity index (χ1) is 4.72. The van der Waals surface area contributed by atoms with Crippen molar-refractivity contribution < 1.29 is 0 Å². The van der Waals surface area contributed by atoms with Gasteiger partial charge in [-0.05, 0) is 26.2 Å². The lowest BCUT2D eigenvalue weighted by molar-refractivity contribution is 0.334. The van der Waals surface area contributed by atoms with Crippen molar-refractivity contribution in [2.24, 2.45) is 0 Å². The van der Waals surface area contributed by atoms with Gasteiger partial charge in [-0.3, -0.25) is 5.41 Å². The molecular formula is C8H14N2. The molecule has 2 aliphatic rings. The molecule has 0 atom stereocenters. The minimum absolute atomic E-state index is 0.410. The smallest absolute Gasteiger partial charge is 0.0962 e. The normalized spacial score (nSPS) is 29.3. The van der Waals surface area contributed by atoms with Gasteiger partial charge in [-0.2, -0.15) is 0 Å². The van der Waals surface area contributed by atoms with E-state index in [4.69, 9.17) is 5.41 Å². The second-order valence-electron chi connectivity index (χ2n) is 3.70. The Morgan fingerprint density at radius 3 is 2.60 bits per heavy atom. The lowest BCUT2D eigenvalue weighted by atomic mass is 10.3. The highest BCUT2D eigenvalue weighted by molar-refractivity contribution is 5.82. The molecule has 10 heavy (non-hydrogen) atoms. The van der Waals surface area contributed by atoms with Gasteiger partial charge in [0, 0.05) is 18.5 Å². The van der Waals surface area contributed by atoms with E-state index in [2.05, 4.69) is 11.8 Å². The van der Waals surface area contributed by atoms with Crippen molar-refractivity contribution in [1.82, 2.24) is 4.90 Å². The molecule has 2 nitrogen and oxygen atoms in total. The van der Waals surface area contributed by atoms with Crippen LogP contribution in [-0.4, -0.2) is 22.8 Å². The van der Waals surface area contributed by atoms with E-state index in [1.165, 1.54) is 19.3 Å². The molecular weight excluding hydrogens is 124 g/mol. The average molecular weight is 138 g/mol. The van der Waals surface area contributed by atoms with Crippen LogP contribution in [0.1, 0.15) is 32.6 Å². The molecule has 1 aliphatic carbocycles. The van der Waals surface area contributed by atoms with Crippen molar-refractivity contribution in [1.29, 1.82) is 5.41 Å². The maximum Gasteiger partial charge on any atom is 0.0962 e. The van der Waals surface area contributed by atoms with Crippen LogP contribution in [0.5, 0.6) is 0 Å². The van der Waals surface area contributed by atoms with Gasteiger partial charge >= 0.3 is 0 Å². The Morgan fingerprint density at radius 1 is 1.50 bits per heavy atom. The molecule has 0 bridgehead atoms. The third-order valence-corrected chi connectivity index (χ3v) is 2.75. The van der Waals surface area contributed by atoms with Crippen LogP contribution in [0.25, 0.3) is 0 Å². The Morgan fingerprint density at radius 2 is 2.20 bits per heavy atom. The maximum atomic E-state index is 7.63. The predicted octanol–water partition coefficient (Wildman–Crippen LogP) is 1.61. The summed E-state index contributed by atoms with van der Waals surface area (Å²) in [7, 11) is 0. The Bertz CT molecular complexity index is 170. The molecule has 0 aromatic heterocycles. The zero-order chi connectivity index (χ0) is 7.19. The third-order valence-electron chi connectivity index (χ3n) is 2.75. The van der Waals surface area contributed by atoms with Crippen LogP contribution < -0.4 is 0 Å². The summed E-state index contributed by atoms with van der Waals surface area (Å²) in [5.41, 5.74) is 0.410. The van der Waals surface area contributed by atoms with Crippen LogP contribution in [0.2, 0.25) is 0 Å². The number of nitrogens with zero attached hydrogens (tertiary/aromatic N) is 1. The zero-order valence-electron chi connectivity index (χ0n) is 6.48. The van der Waals surface area contributed by atoms with Gasteiger partial charge in [0.1, 0.15) is 0 Å². The van der Waals surface area contributed by atoms with Gasteiger partial charge in [-0.1, -0.05) is 0 Å². The summed E-state index contributed by atoms with van der Waals surface area (Å²) in [5.74, 6) is 0.875. The highest BCUT2D eigenvalue weighted by Crippen LogP contribution is 2.43. The van der Waals surface area contributed by atoms with Crippen molar-refractivity contribution in [2.45, 2.75) is 38.1 Å². The second kappa shape index (κ2) is 1.74. The summed E-state index contributed by atoms with van der Waals surface area (Å²) in [6.07, 6.45) is 4.81. The molecule has 56 valence electrons. The quantitative estimate of drug-likeness (QED) is 0.585. The summed E-state index contributed by atoms with van der Waals surface area (Å²) in [6.45, 7) is 3.40. The number of likely N-dealkylation sites (tertiary alicyclic amines) is 1. The minimum atomic E-state index is 0.410. The molecule has 0 aromatic rings. The van der Waals surface area contributed by atoms with E-state index in [0.717, 1.165) is 18.8 Å². The summed E-state index contributed by atoms with van der Waals surface area (Å²) in [6, 6.07) is 0. The largest absolute Gasteiger partial charge is 0.355 e. The highest BCUT2D eigenvalue weighted by atomic mass is 15.3. The molecule has 1 saturated heterocycles. The van der Waals surface area contributed by atoms with Crippen LogP contribution in [0, 0.1) is 5.41 Å². The Balaban J connectivity index is 2.10. The number of hydrogen-bond donors (Lipinski definition) is 1. The number of nitrogens with one attached hydrogen (secondary N) is 1. The first-order valence-corrected chi connectivity index (χ1v) is 4.07. The average Bonchev–Trinajstić information content (AvgIpc) is 2.44. The summed E-state index contributed by atoms with van der Waals surface area (Å²) in [4.78, 5) is 2.28. The molecule has 0 unspecified atom stereocenters. The molecule has 0 aromatic carbocycles. The second-order valence-corrected chi connectivity index (χ2v) is 3.70. The highest BCUT2D eigenvalue weighted by Gasteiger charge is 2.45. The van der Waals surface area contributed by atoms with Crippen molar-refractivity contribution in [3.63, 3.8) is 0 Å². The van der Waals surface area contributed by atoms with E-state index in [-0.39, 0.29) is 0 Å². The number of rotatable bonds is 1. The fourth-order valence-corrected chi connectivity index (χ4v) is 1.72. The lowest BCUT2D eigenvalue weighted by Crippen LogP contribution is -2.35. The van der Waals surface area contributed by atoms with Gasteiger partial charge in [0.2, 0.25) is 0 Å². The lowest BCUT2D eigenvalue weighted by Gasteiger charge is -2.25.